The van der Waals surface area contributed by atoms with Gasteiger partial charge in [-0.25, -0.2) is 5.01 Å². The number of carbonyl (C=O) groups is 1. The number of carbonyl (C=O) groups excluding carboxylic acids is 1. The minimum absolute atomic E-state index is 0.0609. The molecular formula is C26H34N4O2. The molecule has 170 valence electrons. The lowest BCUT2D eigenvalue weighted by molar-refractivity contribution is -0.134. The van der Waals surface area contributed by atoms with E-state index >= 15 is 0 Å². The Morgan fingerprint density at radius 2 is 1.78 bits per heavy atom. The lowest BCUT2D eigenvalue weighted by Crippen LogP contribution is -2.49. The van der Waals surface area contributed by atoms with Crippen LogP contribution in [-0.2, 0) is 4.79 Å². The van der Waals surface area contributed by atoms with Crippen LogP contribution in [0.15, 0.2) is 47.6 Å². The van der Waals surface area contributed by atoms with E-state index in [1.807, 2.05) is 24.3 Å². The average Bonchev–Trinajstić information content (AvgIpc) is 3.26. The van der Waals surface area contributed by atoms with E-state index in [-0.39, 0.29) is 11.9 Å². The highest BCUT2D eigenvalue weighted by Gasteiger charge is 2.35. The van der Waals surface area contributed by atoms with Crippen molar-refractivity contribution in [2.45, 2.75) is 33.2 Å². The quantitative estimate of drug-likeness (QED) is 0.697. The molecule has 0 saturated carbocycles. The Bertz CT molecular complexity index is 995. The van der Waals surface area contributed by atoms with E-state index in [0.717, 1.165) is 49.7 Å². The van der Waals surface area contributed by atoms with Crippen LogP contribution in [-0.4, -0.2) is 72.8 Å². The molecule has 0 spiro atoms. The summed E-state index contributed by atoms with van der Waals surface area (Å²) in [5.74, 6) is 0.849. The van der Waals surface area contributed by atoms with Gasteiger partial charge in [0.1, 0.15) is 5.75 Å². The first-order valence-corrected chi connectivity index (χ1v) is 11.5. The molecule has 1 fully saturated rings. The summed E-state index contributed by atoms with van der Waals surface area (Å²) in [5, 5.41) is 6.61. The van der Waals surface area contributed by atoms with Gasteiger partial charge in [0, 0.05) is 38.2 Å². The number of hydrogen-bond donors (Lipinski definition) is 0. The molecule has 0 aromatic heterocycles. The van der Waals surface area contributed by atoms with Gasteiger partial charge in [-0.15, -0.1) is 0 Å². The normalized spacial score (nSPS) is 19.8. The van der Waals surface area contributed by atoms with Crippen molar-refractivity contribution in [3.8, 4) is 5.75 Å². The van der Waals surface area contributed by atoms with Crippen molar-refractivity contribution < 1.29 is 9.53 Å². The number of rotatable bonds is 6. The minimum atomic E-state index is -0.0979. The highest BCUT2D eigenvalue weighted by Crippen LogP contribution is 2.36. The molecule has 6 heteroatoms. The van der Waals surface area contributed by atoms with Gasteiger partial charge in [-0.2, -0.15) is 5.10 Å². The van der Waals surface area contributed by atoms with Crippen LogP contribution in [0, 0.1) is 13.8 Å². The molecule has 2 aromatic carbocycles. The number of methoxy groups -OCH3 is 1. The molecule has 1 amide bonds. The van der Waals surface area contributed by atoms with Crippen molar-refractivity contribution in [2.24, 2.45) is 5.10 Å². The second kappa shape index (κ2) is 9.84. The maximum atomic E-state index is 13.5. The Labute approximate surface area is 191 Å². The molecule has 2 aromatic rings. The van der Waals surface area contributed by atoms with Crippen LogP contribution in [0.25, 0.3) is 0 Å². The van der Waals surface area contributed by atoms with Gasteiger partial charge in [-0.3, -0.25) is 9.69 Å². The summed E-state index contributed by atoms with van der Waals surface area (Å²) in [6.45, 7) is 11.7. The maximum Gasteiger partial charge on any atom is 0.257 e. The standard InChI is InChI=1S/C26H34N4O2/c1-5-28-12-14-29(15-13-28)18-26(31)30-24(22-16-19(2)10-11-20(22)3)17-23(27-30)21-8-6-7-9-25(21)32-4/h6-11,16,24H,5,12-15,17-18H2,1-4H3. The van der Waals surface area contributed by atoms with E-state index < -0.39 is 0 Å². The van der Waals surface area contributed by atoms with E-state index in [1.165, 1.54) is 16.7 Å². The summed E-state index contributed by atoms with van der Waals surface area (Å²) in [7, 11) is 1.68. The molecule has 0 N–H and O–H groups in total. The fourth-order valence-electron chi connectivity index (χ4n) is 4.67. The first kappa shape index (κ1) is 22.5. The van der Waals surface area contributed by atoms with Gasteiger partial charge < -0.3 is 9.64 Å². The van der Waals surface area contributed by atoms with Gasteiger partial charge >= 0.3 is 0 Å². The fraction of sp³-hybridized carbons (Fsp3) is 0.462. The summed E-state index contributed by atoms with van der Waals surface area (Å²) >= 11 is 0. The Morgan fingerprint density at radius 1 is 1.06 bits per heavy atom. The van der Waals surface area contributed by atoms with Crippen LogP contribution >= 0.6 is 0 Å². The van der Waals surface area contributed by atoms with Gasteiger partial charge in [0.25, 0.3) is 5.91 Å². The molecule has 1 unspecified atom stereocenters. The predicted octanol–water partition coefficient (Wildman–Crippen LogP) is 3.63. The molecule has 2 heterocycles. The lowest BCUT2D eigenvalue weighted by atomic mass is 9.93. The number of piperazine rings is 1. The number of amides is 1. The van der Waals surface area contributed by atoms with Gasteiger partial charge in [-0.05, 0) is 43.7 Å². The Balaban J connectivity index is 1.62. The van der Waals surface area contributed by atoms with Crippen molar-refractivity contribution in [3.63, 3.8) is 0 Å². The number of benzene rings is 2. The second-order valence-corrected chi connectivity index (χ2v) is 8.78. The second-order valence-electron chi connectivity index (χ2n) is 8.78. The fourth-order valence-corrected chi connectivity index (χ4v) is 4.67. The van der Waals surface area contributed by atoms with Crippen LogP contribution in [0.4, 0.5) is 0 Å². The summed E-state index contributed by atoms with van der Waals surface area (Å²) in [6.07, 6.45) is 0.681. The van der Waals surface area contributed by atoms with Crippen molar-refractivity contribution in [1.82, 2.24) is 14.8 Å². The van der Waals surface area contributed by atoms with Crippen LogP contribution in [0.5, 0.6) is 5.75 Å². The van der Waals surface area contributed by atoms with E-state index in [0.29, 0.717) is 13.0 Å². The summed E-state index contributed by atoms with van der Waals surface area (Å²) in [4.78, 5) is 18.2. The molecular weight excluding hydrogens is 400 g/mol. The largest absolute Gasteiger partial charge is 0.496 e. The number of ether oxygens (including phenoxy) is 1. The smallest absolute Gasteiger partial charge is 0.257 e. The molecule has 0 bridgehead atoms. The zero-order valence-electron chi connectivity index (χ0n) is 19.7. The third-order valence-electron chi connectivity index (χ3n) is 6.65. The van der Waals surface area contributed by atoms with Crippen molar-refractivity contribution in [1.29, 1.82) is 0 Å². The first-order valence-electron chi connectivity index (χ1n) is 11.5. The number of hydrazone groups is 1. The zero-order chi connectivity index (χ0) is 22.7. The third-order valence-corrected chi connectivity index (χ3v) is 6.65. The maximum absolute atomic E-state index is 13.5. The molecule has 32 heavy (non-hydrogen) atoms. The molecule has 0 aliphatic carbocycles. The molecule has 4 rings (SSSR count). The molecule has 2 aliphatic rings. The summed E-state index contributed by atoms with van der Waals surface area (Å²) < 4.78 is 5.58. The monoisotopic (exact) mass is 434 g/mol. The van der Waals surface area contributed by atoms with Crippen molar-refractivity contribution in [3.05, 3.63) is 64.7 Å². The number of nitrogens with zero attached hydrogens (tertiary/aromatic N) is 4. The van der Waals surface area contributed by atoms with E-state index in [1.54, 1.807) is 12.1 Å². The van der Waals surface area contributed by atoms with Gasteiger partial charge in [0.2, 0.25) is 0 Å². The molecule has 2 aliphatic heterocycles. The van der Waals surface area contributed by atoms with E-state index in [4.69, 9.17) is 9.84 Å². The van der Waals surface area contributed by atoms with Crippen LogP contribution in [0.3, 0.4) is 0 Å². The van der Waals surface area contributed by atoms with Crippen LogP contribution in [0.2, 0.25) is 0 Å². The number of hydrogen-bond acceptors (Lipinski definition) is 5. The number of likely N-dealkylation sites (N-methyl/N-ethyl adjacent to an activating group) is 1. The molecule has 6 nitrogen and oxygen atoms in total. The lowest BCUT2D eigenvalue weighted by Gasteiger charge is -2.34. The summed E-state index contributed by atoms with van der Waals surface area (Å²) in [6, 6.07) is 14.3. The number of para-hydroxylation sites is 1. The number of aryl methyl sites for hydroxylation is 2. The molecule has 1 atom stereocenters. The van der Waals surface area contributed by atoms with Crippen LogP contribution < -0.4 is 4.74 Å². The van der Waals surface area contributed by atoms with E-state index in [2.05, 4.69) is 48.8 Å². The van der Waals surface area contributed by atoms with Gasteiger partial charge in [0.05, 0.1) is 25.4 Å². The predicted molar refractivity (Wildman–Crippen MR) is 128 cm³/mol. The Hall–Kier alpha value is -2.70. The van der Waals surface area contributed by atoms with Gasteiger partial charge in [-0.1, -0.05) is 42.8 Å². The zero-order valence-corrected chi connectivity index (χ0v) is 19.7. The first-order chi connectivity index (χ1) is 15.5. The van der Waals surface area contributed by atoms with Crippen molar-refractivity contribution >= 4 is 11.6 Å². The highest BCUT2D eigenvalue weighted by molar-refractivity contribution is 6.05. The highest BCUT2D eigenvalue weighted by atomic mass is 16.5. The molecule has 1 saturated heterocycles. The Morgan fingerprint density at radius 3 is 2.50 bits per heavy atom. The topological polar surface area (TPSA) is 48.4 Å². The average molecular weight is 435 g/mol. The third kappa shape index (κ3) is 4.71. The molecule has 0 radical (unpaired) electrons. The Kier molecular flexibility index (Phi) is 6.92. The summed E-state index contributed by atoms with van der Waals surface area (Å²) in [5.41, 5.74) is 5.41. The minimum Gasteiger partial charge on any atom is -0.496 e. The van der Waals surface area contributed by atoms with Crippen LogP contribution in [0.1, 0.15) is 41.6 Å². The van der Waals surface area contributed by atoms with Gasteiger partial charge in [0.15, 0.2) is 0 Å². The SMILES string of the molecule is CCN1CCN(CC(=O)N2N=C(c3ccccc3OC)CC2c2cc(C)ccc2C)CC1. The van der Waals surface area contributed by atoms with Crippen molar-refractivity contribution in [2.75, 3.05) is 46.4 Å². The van der Waals surface area contributed by atoms with E-state index in [9.17, 15) is 4.79 Å².